The summed E-state index contributed by atoms with van der Waals surface area (Å²) in [5.74, 6) is 2.24. The first kappa shape index (κ1) is 22.3. The van der Waals surface area contributed by atoms with Crippen LogP contribution >= 0.6 is 11.8 Å². The number of carbonyl (C=O) groups is 2. The Hall–Kier alpha value is -3.53. The molecule has 0 bridgehead atoms. The number of hydrogen-bond acceptors (Lipinski definition) is 7. The van der Waals surface area contributed by atoms with Crippen molar-refractivity contribution in [3.63, 3.8) is 0 Å². The zero-order chi connectivity index (χ0) is 23.5. The largest absolute Gasteiger partial charge is 0.454 e. The summed E-state index contributed by atoms with van der Waals surface area (Å²) in [4.78, 5) is 27.4. The molecule has 0 radical (unpaired) electrons. The minimum atomic E-state index is -0.133. The van der Waals surface area contributed by atoms with Gasteiger partial charge in [0.25, 0.3) is 0 Å². The molecule has 1 N–H and O–H groups in total. The normalized spacial score (nSPS) is 15.4. The number of nitrogens with zero attached hydrogens (tertiary/aromatic N) is 4. The Bertz CT molecular complexity index is 1190. The Balaban J connectivity index is 1.12. The van der Waals surface area contributed by atoms with Gasteiger partial charge in [0.05, 0.1) is 5.75 Å². The van der Waals surface area contributed by atoms with E-state index >= 15 is 0 Å². The highest BCUT2D eigenvalue weighted by atomic mass is 32.2. The van der Waals surface area contributed by atoms with E-state index in [4.69, 9.17) is 9.47 Å². The number of aryl methyl sites for hydroxylation is 1. The van der Waals surface area contributed by atoms with Crippen molar-refractivity contribution in [1.29, 1.82) is 0 Å². The summed E-state index contributed by atoms with van der Waals surface area (Å²) >= 11 is 1.38. The van der Waals surface area contributed by atoms with Gasteiger partial charge in [-0.15, -0.1) is 10.2 Å². The quantitative estimate of drug-likeness (QED) is 0.542. The number of piperidine rings is 1. The Kier molecular flexibility index (Phi) is 6.39. The van der Waals surface area contributed by atoms with Gasteiger partial charge in [-0.2, -0.15) is 0 Å². The molecule has 2 aromatic carbocycles. The molecule has 0 atom stereocenters. The number of aromatic nitrogens is 3. The number of fused-ring (bicyclic) bond motifs is 1. The number of rotatable bonds is 6. The number of hydrogen-bond donors (Lipinski definition) is 1. The fourth-order valence-corrected chi connectivity index (χ4v) is 5.04. The van der Waals surface area contributed by atoms with Gasteiger partial charge in [0, 0.05) is 36.4 Å². The van der Waals surface area contributed by atoms with Crippen LogP contribution in [0.25, 0.3) is 5.69 Å². The van der Waals surface area contributed by atoms with E-state index in [-0.39, 0.29) is 30.3 Å². The predicted octanol–water partition coefficient (Wildman–Crippen LogP) is 3.27. The van der Waals surface area contributed by atoms with E-state index < -0.39 is 0 Å². The molecule has 2 aliphatic rings. The number of nitrogens with one attached hydrogen (secondary N) is 1. The highest BCUT2D eigenvalue weighted by Crippen LogP contribution is 2.34. The third kappa shape index (κ3) is 4.72. The maximum atomic E-state index is 12.8. The van der Waals surface area contributed by atoms with Gasteiger partial charge < -0.3 is 19.7 Å². The minimum absolute atomic E-state index is 0.0354. The number of ether oxygens (including phenoxy) is 2. The summed E-state index contributed by atoms with van der Waals surface area (Å²) in [6.07, 6.45) is 1.26. The van der Waals surface area contributed by atoms with E-state index in [1.54, 1.807) is 18.2 Å². The molecule has 0 saturated carbocycles. The summed E-state index contributed by atoms with van der Waals surface area (Å²) in [6.45, 7) is 3.21. The van der Waals surface area contributed by atoms with Crippen LogP contribution in [-0.2, 0) is 9.59 Å². The summed E-state index contributed by atoms with van der Waals surface area (Å²) in [6, 6.07) is 15.2. The summed E-state index contributed by atoms with van der Waals surface area (Å²) in [5, 5.41) is 12.1. The standard InChI is InChI=1S/C24H25N5O4S/c1-16-26-27-24(29(16)19-5-3-2-4-6-19)34-14-22(30)28-11-9-17(10-12-28)23(31)25-18-7-8-20-21(13-18)33-15-32-20/h2-8,13,17H,9-12,14-15H2,1H3,(H,25,31). The predicted molar refractivity (Wildman–Crippen MR) is 127 cm³/mol. The van der Waals surface area contributed by atoms with Crippen LogP contribution in [0.3, 0.4) is 0 Å². The maximum Gasteiger partial charge on any atom is 0.233 e. The SMILES string of the molecule is Cc1nnc(SCC(=O)N2CCC(C(=O)Nc3ccc4c(c3)OCO4)CC2)n1-c1ccccc1. The molecule has 2 aliphatic heterocycles. The van der Waals surface area contributed by atoms with Crippen molar-refractivity contribution in [2.24, 2.45) is 5.92 Å². The molecule has 5 rings (SSSR count). The van der Waals surface area contributed by atoms with Crippen LogP contribution in [0.2, 0.25) is 0 Å². The van der Waals surface area contributed by atoms with Gasteiger partial charge in [0.2, 0.25) is 18.6 Å². The number of para-hydroxylation sites is 1. The number of thioether (sulfide) groups is 1. The van der Waals surface area contributed by atoms with Gasteiger partial charge >= 0.3 is 0 Å². The van der Waals surface area contributed by atoms with Gasteiger partial charge in [-0.05, 0) is 44.0 Å². The van der Waals surface area contributed by atoms with Gasteiger partial charge in [-0.3, -0.25) is 14.2 Å². The number of carbonyl (C=O) groups excluding carboxylic acids is 2. The molecule has 176 valence electrons. The molecule has 0 spiro atoms. The molecule has 10 heteroatoms. The Morgan fingerprint density at radius 2 is 1.82 bits per heavy atom. The first-order valence-corrected chi connectivity index (χ1v) is 12.2. The minimum Gasteiger partial charge on any atom is -0.454 e. The Labute approximate surface area is 201 Å². The first-order valence-electron chi connectivity index (χ1n) is 11.2. The van der Waals surface area contributed by atoms with Gasteiger partial charge in [0.15, 0.2) is 16.7 Å². The lowest BCUT2D eigenvalue weighted by Gasteiger charge is -2.31. The topological polar surface area (TPSA) is 98.6 Å². The van der Waals surface area contributed by atoms with Crippen LogP contribution in [0.4, 0.5) is 5.69 Å². The molecule has 2 amide bonds. The number of anilines is 1. The average Bonchev–Trinajstić information content (AvgIpc) is 3.49. The van der Waals surface area contributed by atoms with Crippen molar-refractivity contribution < 1.29 is 19.1 Å². The van der Waals surface area contributed by atoms with E-state index in [1.807, 2.05) is 46.7 Å². The molecule has 9 nitrogen and oxygen atoms in total. The van der Waals surface area contributed by atoms with Crippen molar-refractivity contribution in [3.05, 3.63) is 54.4 Å². The average molecular weight is 480 g/mol. The fraction of sp³-hybridized carbons (Fsp3) is 0.333. The molecule has 1 saturated heterocycles. The molecular formula is C24H25N5O4S. The zero-order valence-corrected chi connectivity index (χ0v) is 19.6. The first-order chi connectivity index (χ1) is 16.6. The molecule has 1 aromatic heterocycles. The summed E-state index contributed by atoms with van der Waals surface area (Å²) in [7, 11) is 0. The Morgan fingerprint density at radius 3 is 2.62 bits per heavy atom. The van der Waals surface area contributed by atoms with Crippen LogP contribution in [-0.4, -0.2) is 57.1 Å². The number of likely N-dealkylation sites (tertiary alicyclic amines) is 1. The maximum absolute atomic E-state index is 12.8. The molecule has 0 aliphatic carbocycles. The molecule has 0 unspecified atom stereocenters. The van der Waals surface area contributed by atoms with Crippen molar-refractivity contribution in [2.45, 2.75) is 24.9 Å². The van der Waals surface area contributed by atoms with E-state index in [0.29, 0.717) is 48.3 Å². The number of benzene rings is 2. The smallest absolute Gasteiger partial charge is 0.233 e. The fourth-order valence-electron chi connectivity index (χ4n) is 4.14. The second-order valence-electron chi connectivity index (χ2n) is 8.20. The van der Waals surface area contributed by atoms with Crippen LogP contribution in [0.1, 0.15) is 18.7 Å². The van der Waals surface area contributed by atoms with Gasteiger partial charge in [-0.25, -0.2) is 0 Å². The molecule has 3 aromatic rings. The van der Waals surface area contributed by atoms with Crippen molar-refractivity contribution in [3.8, 4) is 17.2 Å². The van der Waals surface area contributed by atoms with Crippen LogP contribution in [0.15, 0.2) is 53.7 Å². The van der Waals surface area contributed by atoms with E-state index in [2.05, 4.69) is 15.5 Å². The van der Waals surface area contributed by atoms with Crippen molar-refractivity contribution >= 4 is 29.3 Å². The second kappa shape index (κ2) is 9.76. The Morgan fingerprint density at radius 1 is 1.06 bits per heavy atom. The van der Waals surface area contributed by atoms with Gasteiger partial charge in [0.1, 0.15) is 5.82 Å². The molecule has 3 heterocycles. The lowest BCUT2D eigenvalue weighted by molar-refractivity contribution is -0.132. The third-order valence-electron chi connectivity index (χ3n) is 5.99. The lowest BCUT2D eigenvalue weighted by atomic mass is 9.96. The van der Waals surface area contributed by atoms with Crippen LogP contribution in [0, 0.1) is 12.8 Å². The second-order valence-corrected chi connectivity index (χ2v) is 9.14. The number of amides is 2. The van der Waals surface area contributed by atoms with Crippen molar-refractivity contribution in [1.82, 2.24) is 19.7 Å². The van der Waals surface area contributed by atoms with E-state index in [0.717, 1.165) is 11.5 Å². The van der Waals surface area contributed by atoms with E-state index in [1.165, 1.54) is 11.8 Å². The lowest BCUT2D eigenvalue weighted by Crippen LogP contribution is -2.42. The van der Waals surface area contributed by atoms with Crippen LogP contribution < -0.4 is 14.8 Å². The molecule has 1 fully saturated rings. The van der Waals surface area contributed by atoms with Crippen molar-refractivity contribution in [2.75, 3.05) is 31.0 Å². The third-order valence-corrected chi connectivity index (χ3v) is 6.91. The van der Waals surface area contributed by atoms with Crippen LogP contribution in [0.5, 0.6) is 11.5 Å². The monoisotopic (exact) mass is 479 g/mol. The zero-order valence-electron chi connectivity index (χ0n) is 18.8. The highest BCUT2D eigenvalue weighted by Gasteiger charge is 2.28. The van der Waals surface area contributed by atoms with E-state index in [9.17, 15) is 9.59 Å². The molecule has 34 heavy (non-hydrogen) atoms. The van der Waals surface area contributed by atoms with Gasteiger partial charge in [-0.1, -0.05) is 30.0 Å². The molecular weight excluding hydrogens is 454 g/mol. The summed E-state index contributed by atoms with van der Waals surface area (Å²) in [5.41, 5.74) is 1.65. The summed E-state index contributed by atoms with van der Waals surface area (Å²) < 4.78 is 12.6. The highest BCUT2D eigenvalue weighted by molar-refractivity contribution is 7.99.